The minimum absolute atomic E-state index is 0.120. The van der Waals surface area contributed by atoms with Crippen LogP contribution in [0.2, 0.25) is 0 Å². The number of anilines is 1. The predicted octanol–water partition coefficient (Wildman–Crippen LogP) is 3.41. The lowest BCUT2D eigenvalue weighted by Gasteiger charge is -2.36. The molecular weight excluding hydrogens is 520 g/mol. The molecule has 0 bridgehead atoms. The third kappa shape index (κ3) is 6.98. The highest BCUT2D eigenvalue weighted by Gasteiger charge is 2.26. The Hall–Kier alpha value is -2.96. The number of aryl methyl sites for hydroxylation is 1. The number of ether oxygens (including phenoxy) is 1. The summed E-state index contributed by atoms with van der Waals surface area (Å²) in [4.78, 5) is 25.8. The zero-order chi connectivity index (χ0) is 28.3. The molecule has 1 saturated carbocycles. The molecule has 0 spiro atoms. The Morgan fingerprint density at radius 3 is 2.33 bits per heavy atom. The highest BCUT2D eigenvalue weighted by molar-refractivity contribution is 7.85. The first kappa shape index (κ1) is 29.0. The minimum Gasteiger partial charge on any atom is -0.496 e. The van der Waals surface area contributed by atoms with Crippen LogP contribution in [0.1, 0.15) is 56.6 Å². The molecule has 3 aromatic rings. The van der Waals surface area contributed by atoms with Crippen LogP contribution in [0.5, 0.6) is 5.75 Å². The average molecular weight is 561 g/mol. The zero-order valence-corrected chi connectivity index (χ0v) is 24.3. The van der Waals surface area contributed by atoms with Crippen LogP contribution in [0, 0.1) is 0 Å². The minimum atomic E-state index is -3.67. The molecule has 1 aromatic carbocycles. The molecule has 1 aliphatic carbocycles. The lowest BCUT2D eigenvalue weighted by atomic mass is 9.86. The lowest BCUT2D eigenvalue weighted by Crippen LogP contribution is -2.41. The smallest absolute Gasteiger partial charge is 0.262 e. The van der Waals surface area contributed by atoms with Crippen LogP contribution in [-0.2, 0) is 17.2 Å². The summed E-state index contributed by atoms with van der Waals surface area (Å²) in [6.45, 7) is 2.04. The number of fused-ring (bicyclic) bond motifs is 1. The number of aromatic nitrogens is 4. The fourth-order valence-corrected chi connectivity index (χ4v) is 5.69. The number of nitrogens with zero attached hydrogens (tertiary/aromatic N) is 5. The van der Waals surface area contributed by atoms with Gasteiger partial charge in [-0.15, -0.1) is 0 Å². The van der Waals surface area contributed by atoms with Crippen molar-refractivity contribution in [1.82, 2.24) is 24.6 Å². The van der Waals surface area contributed by atoms with Gasteiger partial charge in [0.25, 0.3) is 15.7 Å². The molecule has 1 saturated heterocycles. The summed E-state index contributed by atoms with van der Waals surface area (Å²) in [5.41, 5.74) is 3.35. The maximum atomic E-state index is 13.2. The topological polar surface area (TPSA) is 134 Å². The Bertz CT molecular complexity index is 1440. The molecule has 12 heteroatoms. The van der Waals surface area contributed by atoms with Crippen LogP contribution in [0.15, 0.2) is 23.0 Å². The van der Waals surface area contributed by atoms with Crippen molar-refractivity contribution < 1.29 is 17.7 Å². The van der Waals surface area contributed by atoms with Gasteiger partial charge in [0.1, 0.15) is 17.0 Å². The van der Waals surface area contributed by atoms with Crippen molar-refractivity contribution in [3.63, 3.8) is 0 Å². The summed E-state index contributed by atoms with van der Waals surface area (Å²) in [7, 11) is 4.19. The molecule has 0 atom stereocenters. The van der Waals surface area contributed by atoms with Gasteiger partial charge in [-0.3, -0.25) is 9.35 Å². The molecule has 1 aliphatic heterocycles. The predicted molar refractivity (Wildman–Crippen MR) is 153 cm³/mol. The van der Waals surface area contributed by atoms with Gasteiger partial charge in [-0.25, -0.2) is 9.67 Å². The van der Waals surface area contributed by atoms with E-state index in [2.05, 4.69) is 41.0 Å². The Morgan fingerprint density at radius 2 is 1.74 bits per heavy atom. The van der Waals surface area contributed by atoms with Crippen LogP contribution < -0.4 is 15.2 Å². The number of H-pyrrole nitrogens is 1. The van der Waals surface area contributed by atoms with Crippen LogP contribution >= 0.6 is 0 Å². The van der Waals surface area contributed by atoms with Crippen LogP contribution in [0.25, 0.3) is 22.4 Å². The van der Waals surface area contributed by atoms with Gasteiger partial charge in [-0.2, -0.15) is 13.5 Å². The number of hydrogen-bond acceptors (Lipinski definition) is 8. The van der Waals surface area contributed by atoms with Crippen molar-refractivity contribution in [3.05, 3.63) is 34.2 Å². The molecule has 0 amide bonds. The van der Waals surface area contributed by atoms with E-state index in [-0.39, 0.29) is 5.56 Å². The van der Waals surface area contributed by atoms with E-state index >= 15 is 0 Å². The molecule has 3 heterocycles. The Kier molecular flexibility index (Phi) is 8.97. The van der Waals surface area contributed by atoms with Gasteiger partial charge in [-0.05, 0) is 51.9 Å². The summed E-state index contributed by atoms with van der Waals surface area (Å²) < 4.78 is 33.4. The second kappa shape index (κ2) is 12.1. The number of aromatic amines is 1. The molecule has 11 nitrogen and oxygen atoms in total. The second-order valence-corrected chi connectivity index (χ2v) is 12.2. The van der Waals surface area contributed by atoms with E-state index in [1.807, 2.05) is 13.1 Å². The van der Waals surface area contributed by atoms with E-state index in [9.17, 15) is 13.2 Å². The molecule has 2 aromatic heterocycles. The SMILES string of the molecule is COc1cc(N2CCC(N(C)C)CC2)ccc1-c1nc2c(c(C3CCCCC3)nn2C)c(=O)[nH]1.CS(=O)(=O)O. The highest BCUT2D eigenvalue weighted by Crippen LogP contribution is 2.36. The quantitative estimate of drug-likeness (QED) is 0.450. The van der Waals surface area contributed by atoms with Crippen LogP contribution in [-0.4, -0.2) is 84.2 Å². The third-order valence-electron chi connectivity index (χ3n) is 7.71. The molecule has 0 unspecified atom stereocenters. The number of methoxy groups -OCH3 is 1. The van der Waals surface area contributed by atoms with E-state index in [0.29, 0.717) is 40.8 Å². The largest absolute Gasteiger partial charge is 0.496 e. The number of piperidine rings is 1. The first-order valence-electron chi connectivity index (χ1n) is 13.5. The number of nitrogens with one attached hydrogen (secondary N) is 1. The summed E-state index contributed by atoms with van der Waals surface area (Å²) in [6, 6.07) is 6.81. The van der Waals surface area contributed by atoms with Crippen LogP contribution in [0.3, 0.4) is 0 Å². The fraction of sp³-hybridized carbons (Fsp3) is 0.593. The lowest BCUT2D eigenvalue weighted by molar-refractivity contribution is 0.249. The molecule has 2 fully saturated rings. The van der Waals surface area contributed by atoms with E-state index in [1.165, 1.54) is 19.3 Å². The summed E-state index contributed by atoms with van der Waals surface area (Å²) >= 11 is 0. The monoisotopic (exact) mass is 560 g/mol. The first-order valence-corrected chi connectivity index (χ1v) is 15.3. The van der Waals surface area contributed by atoms with Gasteiger partial charge in [-0.1, -0.05) is 19.3 Å². The Labute approximate surface area is 229 Å². The number of benzene rings is 1. The molecule has 5 rings (SSSR count). The Balaban J connectivity index is 0.000000648. The molecule has 2 N–H and O–H groups in total. The molecule has 39 heavy (non-hydrogen) atoms. The van der Waals surface area contributed by atoms with Gasteiger partial charge in [0, 0.05) is 43.9 Å². The van der Waals surface area contributed by atoms with Gasteiger partial charge >= 0.3 is 0 Å². The zero-order valence-electron chi connectivity index (χ0n) is 23.5. The third-order valence-corrected chi connectivity index (χ3v) is 7.71. The standard InChI is InChI=1S/C26H36N6O2.CH4O3S/c1-30(2)18-12-14-32(15-13-18)19-10-11-20(21(16-19)34-4)24-27-25-22(26(33)28-24)23(29-31(25)3)17-8-6-5-7-9-17;1-5(2,3)4/h10-11,16-18H,5-9,12-15H2,1-4H3,(H,27,28,33);1H3,(H,2,3,4). The summed E-state index contributed by atoms with van der Waals surface area (Å²) in [5.74, 6) is 1.58. The average Bonchev–Trinajstić information content (AvgIpc) is 3.24. The van der Waals surface area contributed by atoms with Crippen molar-refractivity contribution in [2.24, 2.45) is 7.05 Å². The van der Waals surface area contributed by atoms with Crippen molar-refractivity contribution in [2.75, 3.05) is 45.5 Å². The maximum absolute atomic E-state index is 13.2. The van der Waals surface area contributed by atoms with E-state index in [4.69, 9.17) is 19.4 Å². The highest BCUT2D eigenvalue weighted by atomic mass is 32.2. The van der Waals surface area contributed by atoms with Gasteiger partial charge < -0.3 is 19.5 Å². The fourth-order valence-electron chi connectivity index (χ4n) is 5.69. The summed E-state index contributed by atoms with van der Waals surface area (Å²) in [6.07, 6.45) is 8.85. The second-order valence-electron chi connectivity index (χ2n) is 10.8. The van der Waals surface area contributed by atoms with E-state index in [1.54, 1.807) is 11.8 Å². The maximum Gasteiger partial charge on any atom is 0.262 e. The molecule has 2 aliphatic rings. The molecule has 0 radical (unpaired) electrons. The van der Waals surface area contributed by atoms with Crippen molar-refractivity contribution in [2.45, 2.75) is 56.9 Å². The summed E-state index contributed by atoms with van der Waals surface area (Å²) in [5, 5.41) is 5.37. The van der Waals surface area contributed by atoms with E-state index < -0.39 is 10.1 Å². The van der Waals surface area contributed by atoms with Crippen LogP contribution in [0.4, 0.5) is 5.69 Å². The Morgan fingerprint density at radius 1 is 1.10 bits per heavy atom. The van der Waals surface area contributed by atoms with Gasteiger partial charge in [0.15, 0.2) is 5.65 Å². The molecule has 214 valence electrons. The number of hydrogen-bond donors (Lipinski definition) is 2. The first-order chi connectivity index (χ1) is 18.5. The van der Waals surface area contributed by atoms with E-state index in [0.717, 1.165) is 55.7 Å². The molecular formula is C27H40N6O5S. The normalized spacial score (nSPS) is 17.4. The number of rotatable bonds is 5. The van der Waals surface area contributed by atoms with Gasteiger partial charge in [0.2, 0.25) is 0 Å². The van der Waals surface area contributed by atoms with Crippen molar-refractivity contribution in [1.29, 1.82) is 0 Å². The van der Waals surface area contributed by atoms with Crippen molar-refractivity contribution >= 4 is 26.8 Å². The van der Waals surface area contributed by atoms with Gasteiger partial charge in [0.05, 0.1) is 24.6 Å². The van der Waals surface area contributed by atoms with Crippen molar-refractivity contribution in [3.8, 4) is 17.1 Å².